The van der Waals surface area contributed by atoms with Crippen LogP contribution >= 0.6 is 11.8 Å². The number of hydrogen-bond donors (Lipinski definition) is 1. The maximum absolute atomic E-state index is 13.0. The Labute approximate surface area is 196 Å². The highest BCUT2D eigenvalue weighted by Crippen LogP contribution is 2.19. The van der Waals surface area contributed by atoms with Gasteiger partial charge in [-0.05, 0) is 56.7 Å². The smallest absolute Gasteiger partial charge is 0.338 e. The van der Waals surface area contributed by atoms with E-state index >= 15 is 0 Å². The van der Waals surface area contributed by atoms with Crippen LogP contribution in [-0.2, 0) is 20.8 Å². The number of carbonyl (C=O) groups excluding carboxylic acids is 2. The van der Waals surface area contributed by atoms with E-state index < -0.39 is 5.97 Å². The van der Waals surface area contributed by atoms with Crippen LogP contribution in [0.3, 0.4) is 0 Å². The molecule has 3 aromatic rings. The van der Waals surface area contributed by atoms with Crippen LogP contribution in [0.15, 0.2) is 58.5 Å². The summed E-state index contributed by atoms with van der Waals surface area (Å²) >= 11 is 1.21. The minimum Gasteiger partial charge on any atom is -0.462 e. The van der Waals surface area contributed by atoms with Crippen molar-refractivity contribution in [3.05, 3.63) is 64.4 Å². The van der Waals surface area contributed by atoms with Crippen LogP contribution in [0, 0.1) is 0 Å². The SMILES string of the molecule is CCOCCCn1c(SCC(=O)Nc2ccc(C(=O)OCC)cc2)nc2ccccc2c1=O. The molecule has 0 aliphatic rings. The van der Waals surface area contributed by atoms with E-state index in [1.54, 1.807) is 47.9 Å². The second-order valence-electron chi connectivity index (χ2n) is 7.05. The molecule has 0 saturated heterocycles. The number of aromatic nitrogens is 2. The van der Waals surface area contributed by atoms with Gasteiger partial charge in [-0.1, -0.05) is 23.9 Å². The molecular weight excluding hydrogens is 442 g/mol. The first-order valence-electron chi connectivity index (χ1n) is 10.8. The van der Waals surface area contributed by atoms with Crippen molar-refractivity contribution in [2.24, 2.45) is 0 Å². The molecule has 0 radical (unpaired) electrons. The second-order valence-corrected chi connectivity index (χ2v) is 8.00. The molecule has 0 spiro atoms. The predicted molar refractivity (Wildman–Crippen MR) is 129 cm³/mol. The van der Waals surface area contributed by atoms with E-state index in [-0.39, 0.29) is 17.2 Å². The third-order valence-electron chi connectivity index (χ3n) is 4.71. The quantitative estimate of drug-likeness (QED) is 0.198. The van der Waals surface area contributed by atoms with Gasteiger partial charge in [-0.15, -0.1) is 0 Å². The summed E-state index contributed by atoms with van der Waals surface area (Å²) in [6, 6.07) is 13.7. The zero-order chi connectivity index (χ0) is 23.6. The summed E-state index contributed by atoms with van der Waals surface area (Å²) in [7, 11) is 0. The third-order valence-corrected chi connectivity index (χ3v) is 5.69. The van der Waals surface area contributed by atoms with Gasteiger partial charge >= 0.3 is 5.97 Å². The van der Waals surface area contributed by atoms with E-state index in [1.807, 2.05) is 19.1 Å². The number of ether oxygens (including phenoxy) is 2. The first-order valence-corrected chi connectivity index (χ1v) is 11.8. The Kier molecular flexibility index (Phi) is 9.03. The number of nitrogens with zero attached hydrogens (tertiary/aromatic N) is 2. The first-order chi connectivity index (χ1) is 16.0. The van der Waals surface area contributed by atoms with Gasteiger partial charge in [-0.2, -0.15) is 0 Å². The fourth-order valence-corrected chi connectivity index (χ4v) is 3.98. The highest BCUT2D eigenvalue weighted by molar-refractivity contribution is 7.99. The summed E-state index contributed by atoms with van der Waals surface area (Å²) in [5.41, 5.74) is 1.45. The molecule has 0 aliphatic carbocycles. The average Bonchev–Trinajstić information content (AvgIpc) is 2.82. The Balaban J connectivity index is 1.69. The highest BCUT2D eigenvalue weighted by atomic mass is 32.2. The molecule has 3 rings (SSSR count). The second kappa shape index (κ2) is 12.2. The van der Waals surface area contributed by atoms with Crippen molar-refractivity contribution < 1.29 is 19.1 Å². The number of amides is 1. The fraction of sp³-hybridized carbons (Fsp3) is 0.333. The number of carbonyl (C=O) groups is 2. The van der Waals surface area contributed by atoms with Crippen LogP contribution in [-0.4, -0.2) is 47.0 Å². The largest absolute Gasteiger partial charge is 0.462 e. The topological polar surface area (TPSA) is 99.5 Å². The Hall–Kier alpha value is -3.17. The van der Waals surface area contributed by atoms with Crippen LogP contribution < -0.4 is 10.9 Å². The zero-order valence-corrected chi connectivity index (χ0v) is 19.5. The normalized spacial score (nSPS) is 10.8. The number of fused-ring (bicyclic) bond motifs is 1. The van der Waals surface area contributed by atoms with E-state index in [0.717, 1.165) is 0 Å². The lowest BCUT2D eigenvalue weighted by atomic mass is 10.2. The van der Waals surface area contributed by atoms with E-state index in [0.29, 0.717) is 60.1 Å². The van der Waals surface area contributed by atoms with Gasteiger partial charge < -0.3 is 14.8 Å². The van der Waals surface area contributed by atoms with Gasteiger partial charge in [-0.25, -0.2) is 9.78 Å². The van der Waals surface area contributed by atoms with Gasteiger partial charge in [0.2, 0.25) is 5.91 Å². The molecule has 1 heterocycles. The summed E-state index contributed by atoms with van der Waals surface area (Å²) < 4.78 is 11.9. The minimum absolute atomic E-state index is 0.0792. The van der Waals surface area contributed by atoms with Gasteiger partial charge in [-0.3, -0.25) is 14.2 Å². The Morgan fingerprint density at radius 2 is 1.82 bits per heavy atom. The Bertz CT molecular complexity index is 1160. The number of anilines is 1. The minimum atomic E-state index is -0.407. The molecule has 1 aromatic heterocycles. The van der Waals surface area contributed by atoms with Gasteiger partial charge in [0.25, 0.3) is 5.56 Å². The van der Waals surface area contributed by atoms with Gasteiger partial charge in [0.1, 0.15) is 0 Å². The number of benzene rings is 2. The highest BCUT2D eigenvalue weighted by Gasteiger charge is 2.14. The van der Waals surface area contributed by atoms with Crippen molar-refractivity contribution in [1.82, 2.24) is 9.55 Å². The molecule has 0 aliphatic heterocycles. The average molecular weight is 470 g/mol. The molecule has 33 heavy (non-hydrogen) atoms. The summed E-state index contributed by atoms with van der Waals surface area (Å²) in [6.45, 7) is 5.58. The van der Waals surface area contributed by atoms with Crippen molar-refractivity contribution >= 4 is 40.2 Å². The van der Waals surface area contributed by atoms with Crippen molar-refractivity contribution in [3.8, 4) is 0 Å². The number of thioether (sulfide) groups is 1. The maximum Gasteiger partial charge on any atom is 0.338 e. The van der Waals surface area contributed by atoms with Crippen molar-refractivity contribution in [3.63, 3.8) is 0 Å². The molecule has 9 heteroatoms. The van der Waals surface area contributed by atoms with Gasteiger partial charge in [0.05, 0.1) is 28.8 Å². The number of esters is 1. The van der Waals surface area contributed by atoms with Crippen molar-refractivity contribution in [2.45, 2.75) is 32.0 Å². The maximum atomic E-state index is 13.0. The van der Waals surface area contributed by atoms with Crippen LogP contribution in [0.5, 0.6) is 0 Å². The fourth-order valence-electron chi connectivity index (χ4n) is 3.16. The van der Waals surface area contributed by atoms with Crippen LogP contribution in [0.4, 0.5) is 5.69 Å². The summed E-state index contributed by atoms with van der Waals surface area (Å²) in [5, 5.41) is 3.83. The molecular formula is C24H27N3O5S. The molecule has 0 atom stereocenters. The lowest BCUT2D eigenvalue weighted by Gasteiger charge is -2.13. The van der Waals surface area contributed by atoms with Crippen LogP contribution in [0.2, 0.25) is 0 Å². The molecule has 1 amide bonds. The van der Waals surface area contributed by atoms with Gasteiger partial charge in [0.15, 0.2) is 5.16 Å². The zero-order valence-electron chi connectivity index (χ0n) is 18.7. The lowest BCUT2D eigenvalue weighted by molar-refractivity contribution is -0.113. The molecule has 0 saturated carbocycles. The molecule has 0 unspecified atom stereocenters. The molecule has 2 aromatic carbocycles. The van der Waals surface area contributed by atoms with Crippen LogP contribution in [0.1, 0.15) is 30.6 Å². The van der Waals surface area contributed by atoms with Crippen LogP contribution in [0.25, 0.3) is 10.9 Å². The Morgan fingerprint density at radius 3 is 2.55 bits per heavy atom. The predicted octanol–water partition coefficient (Wildman–Crippen LogP) is 3.73. The van der Waals surface area contributed by atoms with Crippen molar-refractivity contribution in [2.75, 3.05) is 30.9 Å². The monoisotopic (exact) mass is 469 g/mol. The van der Waals surface area contributed by atoms with E-state index in [4.69, 9.17) is 9.47 Å². The molecule has 8 nitrogen and oxygen atoms in total. The standard InChI is InChI=1S/C24H27N3O5S/c1-3-31-15-7-14-27-22(29)19-8-5-6-9-20(19)26-24(27)33-16-21(28)25-18-12-10-17(11-13-18)23(30)32-4-2/h5-6,8-13H,3-4,7,14-16H2,1-2H3,(H,25,28). The Morgan fingerprint density at radius 1 is 1.06 bits per heavy atom. The van der Waals surface area contributed by atoms with E-state index in [1.165, 1.54) is 11.8 Å². The molecule has 0 bridgehead atoms. The number of hydrogen-bond acceptors (Lipinski definition) is 7. The third kappa shape index (κ3) is 6.66. The van der Waals surface area contributed by atoms with Gasteiger partial charge in [0, 0.05) is 25.4 Å². The lowest BCUT2D eigenvalue weighted by Crippen LogP contribution is -2.25. The van der Waals surface area contributed by atoms with Crippen molar-refractivity contribution in [1.29, 1.82) is 0 Å². The summed E-state index contributed by atoms with van der Waals surface area (Å²) in [5.74, 6) is -0.571. The molecule has 174 valence electrons. The summed E-state index contributed by atoms with van der Waals surface area (Å²) in [4.78, 5) is 41.9. The summed E-state index contributed by atoms with van der Waals surface area (Å²) in [6.07, 6.45) is 0.667. The molecule has 1 N–H and O–H groups in total. The first kappa shape index (κ1) is 24.5. The molecule has 0 fully saturated rings. The van der Waals surface area contributed by atoms with E-state index in [2.05, 4.69) is 10.3 Å². The van der Waals surface area contributed by atoms with E-state index in [9.17, 15) is 14.4 Å². The number of rotatable bonds is 11. The number of para-hydroxylation sites is 1. The number of nitrogens with one attached hydrogen (secondary N) is 1.